The molecule has 0 bridgehead atoms. The van der Waals surface area contributed by atoms with E-state index in [1.54, 1.807) is 0 Å². The van der Waals surface area contributed by atoms with Gasteiger partial charge in [0.2, 0.25) is 0 Å². The van der Waals surface area contributed by atoms with E-state index in [4.69, 9.17) is 5.26 Å². The van der Waals surface area contributed by atoms with E-state index in [-0.39, 0.29) is 0 Å². The Kier molecular flexibility index (Phi) is 3.74. The lowest BCUT2D eigenvalue weighted by Crippen LogP contribution is -2.18. The van der Waals surface area contributed by atoms with E-state index < -0.39 is 5.41 Å². The Morgan fingerprint density at radius 3 is 2.57 bits per heavy atom. The molecule has 0 saturated heterocycles. The highest BCUT2D eigenvalue weighted by atomic mass is 79.9. The van der Waals surface area contributed by atoms with Gasteiger partial charge >= 0.3 is 0 Å². The highest BCUT2D eigenvalue weighted by Gasteiger charge is 2.26. The summed E-state index contributed by atoms with van der Waals surface area (Å²) < 4.78 is 2.00. The minimum absolute atomic E-state index is 0.414. The molecule has 0 radical (unpaired) electrons. The largest absolute Gasteiger partial charge is 0.197 e. The molecule has 0 heterocycles. The van der Waals surface area contributed by atoms with E-state index in [1.807, 2.05) is 32.0 Å². The molecule has 0 aliphatic heterocycles. The van der Waals surface area contributed by atoms with Crippen molar-refractivity contribution in [2.75, 3.05) is 0 Å². The maximum atomic E-state index is 9.17. The highest BCUT2D eigenvalue weighted by molar-refractivity contribution is 9.11. The molecule has 1 atom stereocenters. The molecule has 1 unspecified atom stereocenters. The maximum absolute atomic E-state index is 9.17. The van der Waals surface area contributed by atoms with Crippen LogP contribution >= 0.6 is 31.9 Å². The van der Waals surface area contributed by atoms with Crippen LogP contribution in [0.15, 0.2) is 27.1 Å². The predicted octanol–water partition coefficient (Wildman–Crippen LogP) is 4.40. The van der Waals surface area contributed by atoms with Gasteiger partial charge in [-0.15, -0.1) is 0 Å². The van der Waals surface area contributed by atoms with E-state index in [9.17, 15) is 0 Å². The number of hydrogen-bond acceptors (Lipinski definition) is 1. The van der Waals surface area contributed by atoms with Gasteiger partial charge in [-0.2, -0.15) is 5.26 Å². The van der Waals surface area contributed by atoms with Gasteiger partial charge in [-0.25, -0.2) is 0 Å². The molecule has 1 rings (SSSR count). The third kappa shape index (κ3) is 2.18. The summed E-state index contributed by atoms with van der Waals surface area (Å²) >= 11 is 6.89. The van der Waals surface area contributed by atoms with Gasteiger partial charge in [0.05, 0.1) is 11.5 Å². The number of nitrogens with zero attached hydrogens (tertiary/aromatic N) is 1. The average molecular weight is 317 g/mol. The van der Waals surface area contributed by atoms with Gasteiger partial charge in [0, 0.05) is 8.95 Å². The lowest BCUT2D eigenvalue weighted by atomic mass is 9.82. The third-order valence-corrected chi connectivity index (χ3v) is 3.66. The van der Waals surface area contributed by atoms with E-state index >= 15 is 0 Å². The monoisotopic (exact) mass is 315 g/mol. The van der Waals surface area contributed by atoms with Crippen molar-refractivity contribution in [3.63, 3.8) is 0 Å². The Balaban J connectivity index is 3.31. The summed E-state index contributed by atoms with van der Waals surface area (Å²) in [5.41, 5.74) is 0.625. The standard InChI is InChI=1S/C11H11Br2N/c1-3-11(2,7-14)9-6-8(12)4-5-10(9)13/h4-6H,3H2,1-2H3. The van der Waals surface area contributed by atoms with Crippen molar-refractivity contribution in [1.82, 2.24) is 0 Å². The summed E-state index contributed by atoms with van der Waals surface area (Å²) in [6.07, 6.45) is 0.804. The van der Waals surface area contributed by atoms with Crippen LogP contribution in [0.4, 0.5) is 0 Å². The molecular formula is C11H11Br2N. The van der Waals surface area contributed by atoms with Crippen LogP contribution in [0.25, 0.3) is 0 Å². The number of rotatable bonds is 2. The lowest BCUT2D eigenvalue weighted by molar-refractivity contribution is 0.584. The Labute approximate surface area is 101 Å². The summed E-state index contributed by atoms with van der Waals surface area (Å²) in [6.45, 7) is 3.98. The van der Waals surface area contributed by atoms with Crippen LogP contribution < -0.4 is 0 Å². The fraction of sp³-hybridized carbons (Fsp3) is 0.364. The molecule has 0 N–H and O–H groups in total. The molecule has 0 aliphatic rings. The molecule has 0 aliphatic carbocycles. The zero-order valence-electron chi connectivity index (χ0n) is 8.14. The molecule has 0 fully saturated rings. The maximum Gasteiger partial charge on any atom is 0.0803 e. The summed E-state index contributed by atoms with van der Waals surface area (Å²) in [6, 6.07) is 8.28. The van der Waals surface area contributed by atoms with Gasteiger partial charge in [0.25, 0.3) is 0 Å². The van der Waals surface area contributed by atoms with Gasteiger partial charge in [0.1, 0.15) is 0 Å². The molecular weight excluding hydrogens is 306 g/mol. The van der Waals surface area contributed by atoms with E-state index in [0.29, 0.717) is 0 Å². The quantitative estimate of drug-likeness (QED) is 0.793. The SMILES string of the molecule is CCC(C)(C#N)c1cc(Br)ccc1Br. The van der Waals surface area contributed by atoms with Crippen molar-refractivity contribution in [2.24, 2.45) is 0 Å². The molecule has 1 aromatic carbocycles. The average Bonchev–Trinajstić information content (AvgIpc) is 2.20. The van der Waals surface area contributed by atoms with Crippen LogP contribution in [-0.4, -0.2) is 0 Å². The van der Waals surface area contributed by atoms with E-state index in [1.165, 1.54) is 0 Å². The fourth-order valence-electron chi connectivity index (χ4n) is 1.25. The first-order valence-electron chi connectivity index (χ1n) is 4.40. The van der Waals surface area contributed by atoms with Crippen molar-refractivity contribution in [1.29, 1.82) is 5.26 Å². The second-order valence-corrected chi connectivity index (χ2v) is 5.19. The minimum Gasteiger partial charge on any atom is -0.197 e. The first-order chi connectivity index (χ1) is 6.53. The van der Waals surface area contributed by atoms with Crippen LogP contribution in [0, 0.1) is 11.3 Å². The molecule has 0 spiro atoms. The second-order valence-electron chi connectivity index (χ2n) is 3.42. The van der Waals surface area contributed by atoms with Crippen LogP contribution in [0.1, 0.15) is 25.8 Å². The van der Waals surface area contributed by atoms with Gasteiger partial charge in [-0.3, -0.25) is 0 Å². The Morgan fingerprint density at radius 2 is 2.07 bits per heavy atom. The topological polar surface area (TPSA) is 23.8 Å². The third-order valence-electron chi connectivity index (χ3n) is 2.48. The molecule has 14 heavy (non-hydrogen) atoms. The first kappa shape index (κ1) is 11.7. The summed E-state index contributed by atoms with van der Waals surface area (Å²) in [5, 5.41) is 9.17. The van der Waals surface area contributed by atoms with Crippen molar-refractivity contribution in [3.05, 3.63) is 32.7 Å². The van der Waals surface area contributed by atoms with Gasteiger partial charge in [-0.1, -0.05) is 38.8 Å². The summed E-state index contributed by atoms with van der Waals surface area (Å²) in [4.78, 5) is 0. The Hall–Kier alpha value is -0.330. The van der Waals surface area contributed by atoms with Crippen molar-refractivity contribution in [3.8, 4) is 6.07 Å². The van der Waals surface area contributed by atoms with Crippen molar-refractivity contribution in [2.45, 2.75) is 25.7 Å². The molecule has 3 heteroatoms. The molecule has 74 valence electrons. The zero-order chi connectivity index (χ0) is 10.8. The Bertz CT molecular complexity index is 381. The van der Waals surface area contributed by atoms with E-state index in [0.717, 1.165) is 20.9 Å². The molecule has 1 nitrogen and oxygen atoms in total. The summed E-state index contributed by atoms with van der Waals surface area (Å²) in [5.74, 6) is 0. The van der Waals surface area contributed by atoms with Crippen molar-refractivity contribution >= 4 is 31.9 Å². The van der Waals surface area contributed by atoms with Crippen molar-refractivity contribution < 1.29 is 0 Å². The molecule has 1 aromatic rings. The number of benzene rings is 1. The normalized spacial score (nSPS) is 14.5. The number of nitriles is 1. The summed E-state index contributed by atoms with van der Waals surface area (Å²) in [7, 11) is 0. The van der Waals surface area contributed by atoms with Crippen LogP contribution in [0.5, 0.6) is 0 Å². The zero-order valence-corrected chi connectivity index (χ0v) is 11.3. The number of hydrogen-bond donors (Lipinski definition) is 0. The van der Waals surface area contributed by atoms with Gasteiger partial charge in [-0.05, 0) is 37.1 Å². The van der Waals surface area contributed by atoms with Crippen LogP contribution in [0.3, 0.4) is 0 Å². The van der Waals surface area contributed by atoms with Crippen LogP contribution in [0.2, 0.25) is 0 Å². The second kappa shape index (κ2) is 4.46. The molecule has 0 aromatic heterocycles. The fourth-order valence-corrected chi connectivity index (χ4v) is 2.30. The van der Waals surface area contributed by atoms with Gasteiger partial charge < -0.3 is 0 Å². The minimum atomic E-state index is -0.414. The predicted molar refractivity (Wildman–Crippen MR) is 65.1 cm³/mol. The first-order valence-corrected chi connectivity index (χ1v) is 5.99. The highest BCUT2D eigenvalue weighted by Crippen LogP contribution is 2.34. The lowest BCUT2D eigenvalue weighted by Gasteiger charge is -2.21. The molecule has 0 amide bonds. The number of halogens is 2. The van der Waals surface area contributed by atoms with Gasteiger partial charge in [0.15, 0.2) is 0 Å². The Morgan fingerprint density at radius 1 is 1.43 bits per heavy atom. The van der Waals surface area contributed by atoms with E-state index in [2.05, 4.69) is 37.9 Å². The smallest absolute Gasteiger partial charge is 0.0803 e. The molecule has 0 saturated carbocycles. The van der Waals surface area contributed by atoms with Crippen LogP contribution in [-0.2, 0) is 5.41 Å².